The third-order valence-electron chi connectivity index (χ3n) is 8.50. The summed E-state index contributed by atoms with van der Waals surface area (Å²) in [5, 5.41) is 23.9. The number of hydrogen-bond acceptors (Lipinski definition) is 10. The molecular formula is C32H55N7O5. The summed E-state index contributed by atoms with van der Waals surface area (Å²) < 4.78 is 7.53. The quantitative estimate of drug-likeness (QED) is 0.112. The van der Waals surface area contributed by atoms with Crippen LogP contribution < -0.4 is 16.8 Å². The molecule has 1 aliphatic heterocycles. The molecule has 5 atom stereocenters. The van der Waals surface area contributed by atoms with Gasteiger partial charge < -0.3 is 31.7 Å². The molecule has 0 aromatic carbocycles. The van der Waals surface area contributed by atoms with Crippen LogP contribution in [-0.2, 0) is 14.3 Å². The number of amides is 1. The highest BCUT2D eigenvalue weighted by atomic mass is 16.5. The molecule has 0 saturated carbocycles. The molecule has 3 rings (SSSR count). The number of ketones is 1. The molecule has 1 fully saturated rings. The van der Waals surface area contributed by atoms with Gasteiger partial charge in [0.25, 0.3) is 0 Å². The number of nitrogens with zero attached hydrogens (tertiary/aromatic N) is 4. The lowest BCUT2D eigenvalue weighted by Gasteiger charge is -2.18. The van der Waals surface area contributed by atoms with Crippen molar-refractivity contribution < 1.29 is 24.5 Å². The van der Waals surface area contributed by atoms with E-state index in [4.69, 9.17) is 16.2 Å². The number of nitrogens with two attached hydrogens (primary N) is 2. The fourth-order valence-electron chi connectivity index (χ4n) is 5.77. The van der Waals surface area contributed by atoms with Gasteiger partial charge in [-0.2, -0.15) is 0 Å². The minimum Gasteiger partial charge on any atom is -0.390 e. The molecule has 1 amide bonds. The maximum Gasteiger partial charge on any atom is 0.242 e. The lowest BCUT2D eigenvalue weighted by molar-refractivity contribution is -0.144. The Labute approximate surface area is 261 Å². The van der Waals surface area contributed by atoms with Gasteiger partial charge in [0.15, 0.2) is 22.8 Å². The standard InChI is InChI=1S/C32H55N7O5/c1-2-3-4-5-6-7-8-9-10-11-12-13-14-18-24(40)28(42)29-25(41)20-26(44-29)39-22-37-27-30(35-21-36-31(27)39)38-32(43)23(34)17-15-16-19-33/h21-26,29,40-41H,2-20,33-34H2,1H3,(H,35,36,38,43)/t23-,24?,25-,26+,29-/m0/s1. The number of anilines is 1. The van der Waals surface area contributed by atoms with E-state index in [-0.39, 0.29) is 18.1 Å². The molecule has 3 heterocycles. The van der Waals surface area contributed by atoms with Crippen LogP contribution in [0.3, 0.4) is 0 Å². The number of carbonyl (C=O) groups excluding carboxylic acids is 2. The maximum atomic E-state index is 13.0. The fraction of sp³-hybridized carbons (Fsp3) is 0.781. The third kappa shape index (κ3) is 11.1. The van der Waals surface area contributed by atoms with Gasteiger partial charge in [0.05, 0.1) is 18.5 Å². The number of ether oxygens (including phenoxy) is 1. The number of hydrogen-bond donors (Lipinski definition) is 5. The van der Waals surface area contributed by atoms with E-state index in [1.54, 1.807) is 4.57 Å². The highest BCUT2D eigenvalue weighted by Gasteiger charge is 2.42. The van der Waals surface area contributed by atoms with E-state index in [1.807, 2.05) is 0 Å². The van der Waals surface area contributed by atoms with Crippen LogP contribution >= 0.6 is 0 Å². The molecule has 2 aromatic rings. The Bertz CT molecular complexity index is 1130. The lowest BCUT2D eigenvalue weighted by Crippen LogP contribution is -2.38. The Morgan fingerprint density at radius 2 is 1.57 bits per heavy atom. The molecule has 248 valence electrons. The Kier molecular flexibility index (Phi) is 16.2. The van der Waals surface area contributed by atoms with Gasteiger partial charge in [-0.25, -0.2) is 15.0 Å². The van der Waals surface area contributed by atoms with E-state index >= 15 is 0 Å². The molecule has 1 saturated heterocycles. The average Bonchev–Trinajstić information content (AvgIpc) is 3.63. The Morgan fingerprint density at radius 3 is 2.20 bits per heavy atom. The third-order valence-corrected chi connectivity index (χ3v) is 8.50. The second-order valence-corrected chi connectivity index (χ2v) is 12.2. The Balaban J connectivity index is 1.40. The Hall–Kier alpha value is -2.51. The predicted octanol–water partition coefficient (Wildman–Crippen LogP) is 4.28. The van der Waals surface area contributed by atoms with Crippen molar-refractivity contribution in [2.24, 2.45) is 11.5 Å². The van der Waals surface area contributed by atoms with Gasteiger partial charge in [-0.3, -0.25) is 14.2 Å². The summed E-state index contributed by atoms with van der Waals surface area (Å²) in [7, 11) is 0. The summed E-state index contributed by atoms with van der Waals surface area (Å²) in [6.07, 6.45) is 17.1. The molecule has 2 aromatic heterocycles. The summed E-state index contributed by atoms with van der Waals surface area (Å²) in [5.74, 6) is -0.672. The number of imidazole rings is 1. The molecule has 7 N–H and O–H groups in total. The van der Waals surface area contributed by atoms with Crippen LogP contribution in [0.2, 0.25) is 0 Å². The van der Waals surface area contributed by atoms with Crippen molar-refractivity contribution in [3.63, 3.8) is 0 Å². The summed E-state index contributed by atoms with van der Waals surface area (Å²) in [4.78, 5) is 38.3. The van der Waals surface area contributed by atoms with E-state index in [0.717, 1.165) is 32.1 Å². The van der Waals surface area contributed by atoms with Crippen LogP contribution in [0.25, 0.3) is 11.2 Å². The van der Waals surface area contributed by atoms with Gasteiger partial charge in [0.1, 0.15) is 24.8 Å². The topological polar surface area (TPSA) is 191 Å². The molecule has 0 bridgehead atoms. The van der Waals surface area contributed by atoms with Crippen LogP contribution in [0.5, 0.6) is 0 Å². The van der Waals surface area contributed by atoms with Crippen molar-refractivity contribution >= 4 is 28.7 Å². The highest BCUT2D eigenvalue weighted by Crippen LogP contribution is 2.33. The first-order valence-corrected chi connectivity index (χ1v) is 16.9. The average molecular weight is 618 g/mol. The normalized spacial score (nSPS) is 19.8. The second-order valence-electron chi connectivity index (χ2n) is 12.2. The van der Waals surface area contributed by atoms with Gasteiger partial charge in [0.2, 0.25) is 5.91 Å². The summed E-state index contributed by atoms with van der Waals surface area (Å²) in [6, 6.07) is -0.708. The second kappa shape index (κ2) is 19.8. The number of unbranched alkanes of at least 4 members (excludes halogenated alkanes) is 13. The number of aliphatic hydroxyl groups excluding tert-OH is 2. The minimum absolute atomic E-state index is 0.130. The zero-order chi connectivity index (χ0) is 31.7. The number of nitrogens with one attached hydrogen (secondary N) is 1. The molecule has 12 heteroatoms. The monoisotopic (exact) mass is 617 g/mol. The Morgan fingerprint density at radius 1 is 0.955 bits per heavy atom. The lowest BCUT2D eigenvalue weighted by atomic mass is 9.99. The molecule has 0 radical (unpaired) electrons. The van der Waals surface area contributed by atoms with Gasteiger partial charge in [-0.05, 0) is 25.8 Å². The minimum atomic E-state index is -1.18. The van der Waals surface area contributed by atoms with Crippen molar-refractivity contribution in [2.45, 2.75) is 153 Å². The molecule has 0 aliphatic carbocycles. The van der Waals surface area contributed by atoms with Gasteiger partial charge in [-0.15, -0.1) is 0 Å². The van der Waals surface area contributed by atoms with E-state index in [0.29, 0.717) is 30.6 Å². The number of fused-ring (bicyclic) bond motifs is 1. The molecule has 44 heavy (non-hydrogen) atoms. The molecule has 0 spiro atoms. The molecule has 1 aliphatic rings. The van der Waals surface area contributed by atoms with Crippen molar-refractivity contribution in [3.05, 3.63) is 12.7 Å². The maximum absolute atomic E-state index is 13.0. The van der Waals surface area contributed by atoms with Crippen molar-refractivity contribution in [3.8, 4) is 0 Å². The van der Waals surface area contributed by atoms with Crippen LogP contribution in [0.1, 0.15) is 129 Å². The highest BCUT2D eigenvalue weighted by molar-refractivity contribution is 5.99. The van der Waals surface area contributed by atoms with Crippen molar-refractivity contribution in [2.75, 3.05) is 11.9 Å². The smallest absolute Gasteiger partial charge is 0.242 e. The molecule has 12 nitrogen and oxygen atoms in total. The van der Waals surface area contributed by atoms with Crippen LogP contribution in [-0.4, -0.2) is 72.3 Å². The number of carbonyl (C=O) groups is 2. The van der Waals surface area contributed by atoms with Crippen LogP contribution in [0.15, 0.2) is 12.7 Å². The largest absolute Gasteiger partial charge is 0.390 e. The van der Waals surface area contributed by atoms with Crippen molar-refractivity contribution in [1.82, 2.24) is 19.5 Å². The first kappa shape index (κ1) is 36.0. The van der Waals surface area contributed by atoms with Crippen molar-refractivity contribution in [1.29, 1.82) is 0 Å². The first-order valence-electron chi connectivity index (χ1n) is 16.9. The summed E-state index contributed by atoms with van der Waals surface area (Å²) in [5.41, 5.74) is 12.2. The number of rotatable bonds is 23. The number of aromatic nitrogens is 4. The van der Waals surface area contributed by atoms with Gasteiger partial charge >= 0.3 is 0 Å². The van der Waals surface area contributed by atoms with Gasteiger partial charge in [0, 0.05) is 6.42 Å². The van der Waals surface area contributed by atoms with E-state index < -0.39 is 36.4 Å². The molecule has 1 unspecified atom stereocenters. The van der Waals surface area contributed by atoms with E-state index in [9.17, 15) is 19.8 Å². The predicted molar refractivity (Wildman–Crippen MR) is 171 cm³/mol. The van der Waals surface area contributed by atoms with E-state index in [2.05, 4.69) is 27.2 Å². The fourth-order valence-corrected chi connectivity index (χ4v) is 5.77. The van der Waals surface area contributed by atoms with Crippen LogP contribution in [0.4, 0.5) is 5.82 Å². The zero-order valence-electron chi connectivity index (χ0n) is 26.5. The van der Waals surface area contributed by atoms with Crippen LogP contribution in [0, 0.1) is 0 Å². The number of aliphatic hydroxyl groups is 2. The van der Waals surface area contributed by atoms with E-state index in [1.165, 1.54) is 76.9 Å². The summed E-state index contributed by atoms with van der Waals surface area (Å²) >= 11 is 0. The SMILES string of the molecule is CCCCCCCCCCCCCCCC(O)C(=O)[C@H]1O[C@@H](n2cnc3c(NC(=O)[C@@H](N)CCCCN)ncnc32)C[C@@H]1O. The van der Waals surface area contributed by atoms with Gasteiger partial charge in [-0.1, -0.05) is 96.8 Å². The summed E-state index contributed by atoms with van der Waals surface area (Å²) in [6.45, 7) is 2.79. The number of Topliss-reactive ketones (excluding diaryl/α,β-unsaturated/α-hetero) is 1. The first-order chi connectivity index (χ1) is 21.4. The zero-order valence-corrected chi connectivity index (χ0v) is 26.5. The molecular weight excluding hydrogens is 562 g/mol.